The summed E-state index contributed by atoms with van der Waals surface area (Å²) in [7, 11) is 0. The molecule has 24 aromatic rings. The van der Waals surface area contributed by atoms with E-state index in [0.29, 0.717) is 0 Å². The van der Waals surface area contributed by atoms with Crippen LogP contribution in [0.5, 0.6) is 0 Å². The average Bonchev–Trinajstić information content (AvgIpc) is 1.72. The molecule has 7 heterocycles. The summed E-state index contributed by atoms with van der Waals surface area (Å²) in [6, 6.07) is 152. The van der Waals surface area contributed by atoms with Crippen molar-refractivity contribution in [2.45, 2.75) is 0 Å². The first-order valence-corrected chi connectivity index (χ1v) is 43.7. The van der Waals surface area contributed by atoms with Gasteiger partial charge in [0.15, 0.2) is 0 Å². The second-order valence-corrected chi connectivity index (χ2v) is 34.0. The van der Waals surface area contributed by atoms with Crippen molar-refractivity contribution in [2.75, 3.05) is 0 Å². The number of rotatable bonds is 12. The molecule has 0 fully saturated rings. The van der Waals surface area contributed by atoms with Crippen molar-refractivity contribution in [1.29, 1.82) is 0 Å². The first kappa shape index (κ1) is 74.0. The Morgan fingerprint density at radius 1 is 0.138 bits per heavy atom. The fourth-order valence-corrected chi connectivity index (χ4v) is 20.1. The maximum Gasteiger partial charge on any atom is 0.0973 e. The van der Waals surface area contributed by atoms with E-state index in [1.54, 1.807) is 0 Å². The van der Waals surface area contributed by atoms with Crippen LogP contribution < -0.4 is 0 Å². The minimum Gasteiger partial charge on any atom is -0.256 e. The standard InChI is InChI=1S/C44H28N2S.C38H24N2S.C32H20N2S/c1-3-11-29(12-4-1)34-25-35(30-13-5-2-6-14-30)27-36(26-34)44-43(45-39-16-8-9-17-40(39)46-44)32-21-19-31(20-22-32)33-23-24-42-38(28-33)37-15-7-10-18-41(37)47-42;1-3-9-27(10-4-1)37-38(28-11-5-2-6-12-28)40-34-24-30(19-21-33(34)39-37)26-17-15-25(16-18-26)29-20-22-36-32(23-29)31-13-7-8-14-35(31)41-36;1-2-7-23(8-3-1)32-26-10-6-18-33-29(26)20-28(34-32)22-14-12-21(13-15-22)24-16-17-31-27(19-24)25-9-4-5-11-30(25)35-31/h1-28H;1-24H;1-20H. The van der Waals surface area contributed by atoms with Gasteiger partial charge in [-0.3, -0.25) is 4.98 Å². The van der Waals surface area contributed by atoms with Crippen LogP contribution in [-0.2, 0) is 0 Å². The normalized spacial score (nSPS) is 11.4. The van der Waals surface area contributed by atoms with E-state index >= 15 is 0 Å². The molecule has 0 bridgehead atoms. The highest BCUT2D eigenvalue weighted by Gasteiger charge is 2.21. The molecule has 6 nitrogen and oxygen atoms in total. The van der Waals surface area contributed by atoms with Gasteiger partial charge in [0, 0.05) is 105 Å². The Balaban J connectivity index is 0.000000111. The summed E-state index contributed by atoms with van der Waals surface area (Å²) in [6.45, 7) is 0. The summed E-state index contributed by atoms with van der Waals surface area (Å²) in [4.78, 5) is 30.5. The monoisotopic (exact) mass is 1620 g/mol. The zero-order valence-electron chi connectivity index (χ0n) is 66.5. The summed E-state index contributed by atoms with van der Waals surface area (Å²) < 4.78 is 7.96. The van der Waals surface area contributed by atoms with Gasteiger partial charge >= 0.3 is 0 Å². The molecule has 0 aliphatic heterocycles. The molecule has 0 unspecified atom stereocenters. The van der Waals surface area contributed by atoms with Gasteiger partial charge < -0.3 is 0 Å². The van der Waals surface area contributed by atoms with Crippen molar-refractivity contribution in [3.05, 3.63) is 437 Å². The van der Waals surface area contributed by atoms with Crippen molar-refractivity contribution >= 4 is 127 Å². The largest absolute Gasteiger partial charge is 0.256 e. The number of hydrogen-bond acceptors (Lipinski definition) is 9. The first-order chi connectivity index (χ1) is 60.9. The zero-order chi connectivity index (χ0) is 81.5. The van der Waals surface area contributed by atoms with Crippen molar-refractivity contribution in [2.24, 2.45) is 0 Å². The number of nitrogens with zero attached hydrogens (tertiary/aromatic N) is 6. The van der Waals surface area contributed by atoms with E-state index in [1.165, 1.54) is 105 Å². The molecule has 0 amide bonds. The number of para-hydroxylation sites is 2. The number of pyridine rings is 2. The summed E-state index contributed by atoms with van der Waals surface area (Å²) in [5.74, 6) is 0. The molecular weight excluding hydrogens is 1550 g/mol. The van der Waals surface area contributed by atoms with E-state index in [0.717, 1.165) is 123 Å². The molecule has 7 aromatic heterocycles. The highest BCUT2D eigenvalue weighted by molar-refractivity contribution is 7.26. The highest BCUT2D eigenvalue weighted by atomic mass is 32.1. The number of fused-ring (bicyclic) bond motifs is 12. The number of aromatic nitrogens is 6. The smallest absolute Gasteiger partial charge is 0.0973 e. The van der Waals surface area contributed by atoms with Crippen molar-refractivity contribution < 1.29 is 0 Å². The molecule has 0 radical (unpaired) electrons. The Kier molecular flexibility index (Phi) is 19.5. The average molecular weight is 1620 g/mol. The van der Waals surface area contributed by atoms with Gasteiger partial charge in [0.1, 0.15) is 0 Å². The first-order valence-electron chi connectivity index (χ1n) is 41.2. The summed E-state index contributed by atoms with van der Waals surface area (Å²) in [5.41, 5.74) is 30.5. The Bertz CT molecular complexity index is 8020. The third-order valence-electron chi connectivity index (χ3n) is 23.1. The van der Waals surface area contributed by atoms with Crippen LogP contribution in [0.4, 0.5) is 0 Å². The molecule has 576 valence electrons. The maximum atomic E-state index is 5.27. The fraction of sp³-hybridized carbons (Fsp3) is 0. The fourth-order valence-electron chi connectivity index (χ4n) is 16.9. The molecule has 9 heteroatoms. The number of thiophene rings is 3. The lowest BCUT2D eigenvalue weighted by atomic mass is 9.93. The second-order valence-electron chi connectivity index (χ2n) is 30.7. The van der Waals surface area contributed by atoms with Gasteiger partial charge in [-0.2, -0.15) is 0 Å². The number of hydrogen-bond donors (Lipinski definition) is 0. The number of benzene rings is 17. The van der Waals surface area contributed by atoms with E-state index in [1.807, 2.05) is 125 Å². The van der Waals surface area contributed by atoms with Crippen LogP contribution in [0, 0.1) is 0 Å². The third-order valence-corrected chi connectivity index (χ3v) is 26.5. The second kappa shape index (κ2) is 32.4. The SMILES string of the molecule is c1ccc(-c2cc(-c3ccccc3)cc(-c3nc4ccccc4nc3-c3ccc(-c4ccc5sc6ccccc6c5c4)cc3)c2)cc1.c1ccc(-c2nc(-c3ccc(-c4ccc5sc6ccccc6c5c4)cc3)cc3ncccc23)cc1.c1ccc(-c2nc3ccc(-c4ccc(-c5ccc6sc7ccccc7c6c5)cc4)cc3nc2-c2ccccc2)cc1. The van der Waals surface area contributed by atoms with Crippen LogP contribution in [0.25, 0.3) is 228 Å². The van der Waals surface area contributed by atoms with E-state index in [-0.39, 0.29) is 0 Å². The Hall–Kier alpha value is -15.4. The van der Waals surface area contributed by atoms with Crippen LogP contribution >= 0.6 is 34.0 Å². The Labute approximate surface area is 723 Å². The van der Waals surface area contributed by atoms with Crippen LogP contribution in [-0.4, -0.2) is 29.9 Å². The predicted octanol–water partition coefficient (Wildman–Crippen LogP) is 32.0. The lowest BCUT2D eigenvalue weighted by molar-refractivity contribution is 1.29. The quantitative estimate of drug-likeness (QED) is 0.121. The molecule has 0 N–H and O–H groups in total. The molecule has 0 saturated carbocycles. The third kappa shape index (κ3) is 14.7. The van der Waals surface area contributed by atoms with Crippen LogP contribution in [0.1, 0.15) is 0 Å². The van der Waals surface area contributed by atoms with Crippen molar-refractivity contribution in [3.8, 4) is 134 Å². The Morgan fingerprint density at radius 2 is 0.423 bits per heavy atom. The minimum atomic E-state index is 0.873. The lowest BCUT2D eigenvalue weighted by Gasteiger charge is -2.15. The van der Waals surface area contributed by atoms with Gasteiger partial charge in [0.2, 0.25) is 0 Å². The van der Waals surface area contributed by atoms with Gasteiger partial charge in [-0.15, -0.1) is 34.0 Å². The minimum absolute atomic E-state index is 0.873. The summed E-state index contributed by atoms with van der Waals surface area (Å²) in [5, 5.41) is 8.99. The van der Waals surface area contributed by atoms with Crippen molar-refractivity contribution in [3.63, 3.8) is 0 Å². The lowest BCUT2D eigenvalue weighted by Crippen LogP contribution is -1.96. The maximum absolute atomic E-state index is 5.27. The topological polar surface area (TPSA) is 77.3 Å². The van der Waals surface area contributed by atoms with E-state index in [9.17, 15) is 0 Å². The van der Waals surface area contributed by atoms with E-state index in [2.05, 4.69) is 351 Å². The molecule has 17 aromatic carbocycles. The van der Waals surface area contributed by atoms with Gasteiger partial charge in [-0.05, 0) is 182 Å². The molecule has 0 aliphatic rings. The molecule has 0 aliphatic carbocycles. The summed E-state index contributed by atoms with van der Waals surface area (Å²) in [6.07, 6.45) is 1.84. The van der Waals surface area contributed by atoms with Crippen LogP contribution in [0.2, 0.25) is 0 Å². The predicted molar refractivity (Wildman–Crippen MR) is 523 cm³/mol. The van der Waals surface area contributed by atoms with E-state index < -0.39 is 0 Å². The van der Waals surface area contributed by atoms with Gasteiger partial charge in [-0.1, -0.05) is 315 Å². The van der Waals surface area contributed by atoms with Gasteiger partial charge in [0.05, 0.1) is 61.7 Å². The van der Waals surface area contributed by atoms with E-state index in [4.69, 9.17) is 24.9 Å². The molecular formula is C114H72N6S3. The molecule has 24 rings (SSSR count). The van der Waals surface area contributed by atoms with Crippen molar-refractivity contribution in [1.82, 2.24) is 29.9 Å². The van der Waals surface area contributed by atoms with Crippen LogP contribution in [0.15, 0.2) is 437 Å². The Morgan fingerprint density at radius 3 is 0.854 bits per heavy atom. The van der Waals surface area contributed by atoms with Gasteiger partial charge in [0.25, 0.3) is 0 Å². The molecule has 0 atom stereocenters. The zero-order valence-corrected chi connectivity index (χ0v) is 68.9. The molecule has 0 spiro atoms. The van der Waals surface area contributed by atoms with Gasteiger partial charge in [-0.25, -0.2) is 24.9 Å². The molecule has 0 saturated heterocycles. The highest BCUT2D eigenvalue weighted by Crippen LogP contribution is 2.44. The molecule has 123 heavy (non-hydrogen) atoms. The van der Waals surface area contributed by atoms with Crippen LogP contribution in [0.3, 0.4) is 0 Å². The summed E-state index contributed by atoms with van der Waals surface area (Å²) >= 11 is 5.55.